The van der Waals surface area contributed by atoms with E-state index in [9.17, 15) is 9.18 Å². The van der Waals surface area contributed by atoms with Gasteiger partial charge in [0.25, 0.3) is 5.19 Å². The molecule has 0 spiro atoms. The van der Waals surface area contributed by atoms with Crippen LogP contribution in [0.2, 0.25) is 5.15 Å². The van der Waals surface area contributed by atoms with E-state index in [4.69, 9.17) is 21.4 Å². The Balaban J connectivity index is 2.31. The minimum absolute atomic E-state index is 0.0612. The Kier molecular flexibility index (Phi) is 3.49. The molecule has 0 bridgehead atoms. The molecule has 4 nitrogen and oxygen atoms in total. The summed E-state index contributed by atoms with van der Waals surface area (Å²) in [6, 6.07) is 4.06. The summed E-state index contributed by atoms with van der Waals surface area (Å²) in [5.41, 5.74) is 0.708. The van der Waals surface area contributed by atoms with Gasteiger partial charge < -0.3 is 9.84 Å². The lowest BCUT2D eigenvalue weighted by Gasteiger charge is -2.04. The van der Waals surface area contributed by atoms with Gasteiger partial charge in [0.05, 0.1) is 0 Å². The Labute approximate surface area is 111 Å². The number of aromatic nitrogens is 1. The Morgan fingerprint density at radius 1 is 1.56 bits per heavy atom. The molecule has 1 aromatic carbocycles. The van der Waals surface area contributed by atoms with Gasteiger partial charge in [-0.3, -0.25) is 0 Å². The Hall–Kier alpha value is -1.66. The minimum atomic E-state index is -1.18. The number of nitrogens with zero attached hydrogens (tertiary/aromatic N) is 1. The number of hydrogen-bond donors (Lipinski definition) is 1. The van der Waals surface area contributed by atoms with Crippen LogP contribution in [0.25, 0.3) is 0 Å². The van der Waals surface area contributed by atoms with Gasteiger partial charge in [0.15, 0.2) is 10.0 Å². The maximum absolute atomic E-state index is 13.0. The monoisotopic (exact) mass is 287 g/mol. The zero-order valence-corrected chi connectivity index (χ0v) is 10.7. The second kappa shape index (κ2) is 4.91. The standard InChI is InChI=1S/C11H7ClFNO3S/c1-5-2-3-6(13)4-7(5)17-11-14-9(12)8(18-11)10(15)16/h2-4H,1H3,(H,15,16). The SMILES string of the molecule is Cc1ccc(F)cc1Oc1nc(Cl)c(C(=O)O)s1. The number of rotatable bonds is 3. The summed E-state index contributed by atoms with van der Waals surface area (Å²) in [5.74, 6) is -1.35. The van der Waals surface area contributed by atoms with Crippen LogP contribution >= 0.6 is 22.9 Å². The fourth-order valence-corrected chi connectivity index (χ4v) is 2.22. The molecular formula is C11H7ClFNO3S. The van der Waals surface area contributed by atoms with E-state index in [-0.39, 0.29) is 21.0 Å². The number of aryl methyl sites for hydroxylation is 1. The normalized spacial score (nSPS) is 10.4. The van der Waals surface area contributed by atoms with E-state index >= 15 is 0 Å². The van der Waals surface area contributed by atoms with E-state index in [1.165, 1.54) is 12.1 Å². The molecule has 0 saturated heterocycles. The molecule has 0 fully saturated rings. The molecule has 0 unspecified atom stereocenters. The third kappa shape index (κ3) is 2.60. The number of hydrogen-bond acceptors (Lipinski definition) is 4. The van der Waals surface area contributed by atoms with Crippen molar-refractivity contribution in [2.75, 3.05) is 0 Å². The summed E-state index contributed by atoms with van der Waals surface area (Å²) >= 11 is 6.43. The lowest BCUT2D eigenvalue weighted by molar-refractivity contribution is 0.0702. The smallest absolute Gasteiger partial charge is 0.349 e. The number of benzene rings is 1. The van der Waals surface area contributed by atoms with E-state index in [2.05, 4.69) is 4.98 Å². The summed E-state index contributed by atoms with van der Waals surface area (Å²) in [6.45, 7) is 1.74. The molecule has 0 atom stereocenters. The Morgan fingerprint density at radius 3 is 2.89 bits per heavy atom. The van der Waals surface area contributed by atoms with Gasteiger partial charge >= 0.3 is 5.97 Å². The van der Waals surface area contributed by atoms with E-state index in [0.29, 0.717) is 5.56 Å². The number of ether oxygens (including phenoxy) is 1. The lowest BCUT2D eigenvalue weighted by atomic mass is 10.2. The van der Waals surface area contributed by atoms with Crippen LogP contribution in [0.4, 0.5) is 4.39 Å². The number of carbonyl (C=O) groups is 1. The lowest BCUT2D eigenvalue weighted by Crippen LogP contribution is -1.91. The number of carboxylic acid groups (broad SMARTS) is 1. The third-order valence-electron chi connectivity index (χ3n) is 2.11. The van der Waals surface area contributed by atoms with Crippen molar-refractivity contribution in [3.63, 3.8) is 0 Å². The van der Waals surface area contributed by atoms with Crippen LogP contribution in [0.3, 0.4) is 0 Å². The van der Waals surface area contributed by atoms with Crippen molar-refractivity contribution >= 4 is 28.9 Å². The minimum Gasteiger partial charge on any atom is -0.477 e. The van der Waals surface area contributed by atoms with Gasteiger partial charge in [0, 0.05) is 6.07 Å². The summed E-state index contributed by atoms with van der Waals surface area (Å²) in [7, 11) is 0. The van der Waals surface area contributed by atoms with Crippen molar-refractivity contribution in [3.8, 4) is 10.9 Å². The fourth-order valence-electron chi connectivity index (χ4n) is 1.24. The van der Waals surface area contributed by atoms with Crippen LogP contribution in [0, 0.1) is 12.7 Å². The molecule has 2 aromatic rings. The van der Waals surface area contributed by atoms with Crippen molar-refractivity contribution in [3.05, 3.63) is 39.6 Å². The van der Waals surface area contributed by atoms with Gasteiger partial charge in [-0.1, -0.05) is 29.0 Å². The third-order valence-corrected chi connectivity index (χ3v) is 3.41. The quantitative estimate of drug-likeness (QED) is 0.934. The predicted octanol–water partition coefficient (Wildman–Crippen LogP) is 3.73. The molecule has 0 saturated carbocycles. The first-order valence-corrected chi connectivity index (χ1v) is 6.00. The second-order valence-corrected chi connectivity index (χ2v) is 4.74. The molecule has 18 heavy (non-hydrogen) atoms. The molecule has 0 amide bonds. The topological polar surface area (TPSA) is 59.4 Å². The van der Waals surface area contributed by atoms with E-state index in [1.54, 1.807) is 13.0 Å². The van der Waals surface area contributed by atoms with Gasteiger partial charge in [-0.25, -0.2) is 9.18 Å². The molecule has 2 rings (SSSR count). The van der Waals surface area contributed by atoms with Crippen molar-refractivity contribution in [1.29, 1.82) is 0 Å². The maximum atomic E-state index is 13.0. The zero-order chi connectivity index (χ0) is 13.3. The number of halogens is 2. The first-order valence-electron chi connectivity index (χ1n) is 4.81. The van der Waals surface area contributed by atoms with Gasteiger partial charge in [-0.05, 0) is 18.6 Å². The van der Waals surface area contributed by atoms with Crippen LogP contribution in [-0.4, -0.2) is 16.1 Å². The van der Waals surface area contributed by atoms with Crippen LogP contribution in [0.1, 0.15) is 15.2 Å². The molecule has 0 aliphatic rings. The predicted molar refractivity (Wildman–Crippen MR) is 65.3 cm³/mol. The molecule has 94 valence electrons. The van der Waals surface area contributed by atoms with Gasteiger partial charge in [0.2, 0.25) is 0 Å². The highest BCUT2D eigenvalue weighted by molar-refractivity contribution is 7.15. The summed E-state index contributed by atoms with van der Waals surface area (Å²) in [6.07, 6.45) is 0. The molecule has 1 aromatic heterocycles. The molecule has 1 heterocycles. The first-order chi connectivity index (χ1) is 8.47. The molecule has 0 aliphatic heterocycles. The van der Waals surface area contributed by atoms with Crippen LogP contribution < -0.4 is 4.74 Å². The highest BCUT2D eigenvalue weighted by Crippen LogP contribution is 2.33. The Morgan fingerprint density at radius 2 is 2.28 bits per heavy atom. The summed E-state index contributed by atoms with van der Waals surface area (Å²) in [4.78, 5) is 14.4. The molecular weight excluding hydrogens is 281 g/mol. The van der Waals surface area contributed by atoms with Gasteiger partial charge in [0.1, 0.15) is 11.6 Å². The van der Waals surface area contributed by atoms with E-state index < -0.39 is 11.8 Å². The summed E-state index contributed by atoms with van der Waals surface area (Å²) < 4.78 is 18.4. The van der Waals surface area contributed by atoms with E-state index in [1.807, 2.05) is 0 Å². The first kappa shape index (κ1) is 12.8. The summed E-state index contributed by atoms with van der Waals surface area (Å²) in [5, 5.41) is 8.73. The van der Waals surface area contributed by atoms with E-state index in [0.717, 1.165) is 11.3 Å². The number of thiazole rings is 1. The molecule has 0 radical (unpaired) electrons. The molecule has 1 N–H and O–H groups in total. The molecule has 0 aliphatic carbocycles. The average molecular weight is 288 g/mol. The van der Waals surface area contributed by atoms with Crippen molar-refractivity contribution in [2.45, 2.75) is 6.92 Å². The number of carboxylic acids is 1. The fraction of sp³-hybridized carbons (Fsp3) is 0.0909. The highest BCUT2D eigenvalue weighted by Gasteiger charge is 2.17. The van der Waals surface area contributed by atoms with Gasteiger partial charge in [-0.2, -0.15) is 4.98 Å². The van der Waals surface area contributed by atoms with Crippen molar-refractivity contribution in [2.24, 2.45) is 0 Å². The highest BCUT2D eigenvalue weighted by atomic mass is 35.5. The van der Waals surface area contributed by atoms with Crippen molar-refractivity contribution in [1.82, 2.24) is 4.98 Å². The van der Waals surface area contributed by atoms with Crippen LogP contribution in [-0.2, 0) is 0 Å². The van der Waals surface area contributed by atoms with Gasteiger partial charge in [-0.15, -0.1) is 0 Å². The second-order valence-electron chi connectivity index (χ2n) is 3.42. The maximum Gasteiger partial charge on any atom is 0.349 e. The largest absolute Gasteiger partial charge is 0.477 e. The zero-order valence-electron chi connectivity index (χ0n) is 9.11. The Bertz CT molecular complexity index is 614. The van der Waals surface area contributed by atoms with Crippen molar-refractivity contribution < 1.29 is 19.0 Å². The van der Waals surface area contributed by atoms with Crippen LogP contribution in [0.5, 0.6) is 10.9 Å². The number of aromatic carboxylic acids is 1. The average Bonchev–Trinajstić information content (AvgIpc) is 2.65. The molecule has 7 heteroatoms. The van der Waals surface area contributed by atoms with Crippen LogP contribution in [0.15, 0.2) is 18.2 Å².